The topological polar surface area (TPSA) is 52.0 Å². The Kier molecular flexibility index (Phi) is 5.09. The van der Waals surface area contributed by atoms with Crippen LogP contribution in [0.3, 0.4) is 0 Å². The molecule has 0 fully saturated rings. The molecule has 0 amide bonds. The lowest BCUT2D eigenvalue weighted by molar-refractivity contribution is -0.146. The van der Waals surface area contributed by atoms with Gasteiger partial charge in [-0.25, -0.2) is 4.68 Å². The van der Waals surface area contributed by atoms with Gasteiger partial charge in [0, 0.05) is 13.7 Å². The van der Waals surface area contributed by atoms with Crippen molar-refractivity contribution in [3.8, 4) is 0 Å². The lowest BCUT2D eigenvalue weighted by atomic mass is 10.2. The van der Waals surface area contributed by atoms with Gasteiger partial charge in [-0.3, -0.25) is 0 Å². The molecule has 1 rings (SSSR count). The first kappa shape index (κ1) is 14.9. The average Bonchev–Trinajstić information content (AvgIpc) is 2.69. The van der Waals surface area contributed by atoms with Gasteiger partial charge in [0.05, 0.1) is 12.6 Å². The summed E-state index contributed by atoms with van der Waals surface area (Å²) in [5, 5.41) is 9.87. The Hall–Kier alpha value is -1.15. The average molecular weight is 266 g/mol. The summed E-state index contributed by atoms with van der Waals surface area (Å²) in [6, 6.07) is -0.468. The number of nitrogens with zero attached hydrogens (tertiary/aromatic N) is 3. The van der Waals surface area contributed by atoms with Gasteiger partial charge in [0.15, 0.2) is 5.69 Å². The van der Waals surface area contributed by atoms with E-state index in [2.05, 4.69) is 15.6 Å². The van der Waals surface area contributed by atoms with Gasteiger partial charge in [-0.05, 0) is 13.5 Å². The van der Waals surface area contributed by atoms with Crippen molar-refractivity contribution >= 4 is 0 Å². The van der Waals surface area contributed by atoms with Crippen LogP contribution in [0, 0.1) is 0 Å². The van der Waals surface area contributed by atoms with Crippen LogP contribution < -0.4 is 5.32 Å². The molecule has 18 heavy (non-hydrogen) atoms. The van der Waals surface area contributed by atoms with E-state index in [9.17, 15) is 13.2 Å². The number of aromatic nitrogens is 3. The molecule has 1 heterocycles. The molecule has 0 radical (unpaired) electrons. The monoisotopic (exact) mass is 266 g/mol. The zero-order valence-electron chi connectivity index (χ0n) is 10.6. The largest absolute Gasteiger partial charge is 0.434 e. The standard InChI is InChI=1S/C10H17F3N4O/c1-4-7(6-18-3)17-9(10(11,12)13)8(5-14-2)15-16-17/h7,14H,4-6H2,1-3H3. The number of rotatable bonds is 6. The second-order valence-corrected chi connectivity index (χ2v) is 3.87. The van der Waals surface area contributed by atoms with Crippen LogP contribution in [0.25, 0.3) is 0 Å². The molecule has 0 aliphatic rings. The molecule has 1 atom stereocenters. The first-order chi connectivity index (χ1) is 8.45. The van der Waals surface area contributed by atoms with Crippen molar-refractivity contribution in [2.75, 3.05) is 20.8 Å². The molecule has 0 aliphatic heterocycles. The van der Waals surface area contributed by atoms with Crippen LogP contribution in [0.1, 0.15) is 30.8 Å². The molecule has 8 heteroatoms. The molecule has 0 aliphatic carbocycles. The normalized spacial score (nSPS) is 13.9. The maximum Gasteiger partial charge on any atom is 0.434 e. The number of halogens is 3. The van der Waals surface area contributed by atoms with E-state index in [1.165, 1.54) is 7.11 Å². The fourth-order valence-electron chi connectivity index (χ4n) is 1.72. The Balaban J connectivity index is 3.18. The van der Waals surface area contributed by atoms with Crippen molar-refractivity contribution in [1.29, 1.82) is 0 Å². The molecule has 0 saturated carbocycles. The summed E-state index contributed by atoms with van der Waals surface area (Å²) < 4.78 is 44.9. The van der Waals surface area contributed by atoms with Crippen LogP contribution in [-0.4, -0.2) is 35.8 Å². The summed E-state index contributed by atoms with van der Waals surface area (Å²) in [6.07, 6.45) is -3.99. The summed E-state index contributed by atoms with van der Waals surface area (Å²) in [5.41, 5.74) is -0.902. The molecule has 1 aromatic rings. The van der Waals surface area contributed by atoms with E-state index in [0.717, 1.165) is 4.68 Å². The lowest BCUT2D eigenvalue weighted by Gasteiger charge is -2.18. The molecule has 1 aromatic heterocycles. The van der Waals surface area contributed by atoms with Crippen LogP contribution >= 0.6 is 0 Å². The van der Waals surface area contributed by atoms with Crippen LogP contribution in [0.5, 0.6) is 0 Å². The number of ether oxygens (including phenoxy) is 1. The molecular formula is C10H17F3N4O. The van der Waals surface area contributed by atoms with Gasteiger partial charge < -0.3 is 10.1 Å². The zero-order chi connectivity index (χ0) is 13.8. The Morgan fingerprint density at radius 2 is 2.11 bits per heavy atom. The molecule has 0 bridgehead atoms. The second kappa shape index (κ2) is 6.14. The van der Waals surface area contributed by atoms with E-state index in [4.69, 9.17) is 4.74 Å². The highest BCUT2D eigenvalue weighted by Gasteiger charge is 2.40. The summed E-state index contributed by atoms with van der Waals surface area (Å²) in [5.74, 6) is 0. The number of hydrogen-bond acceptors (Lipinski definition) is 4. The molecule has 5 nitrogen and oxygen atoms in total. The van der Waals surface area contributed by atoms with Gasteiger partial charge in [-0.1, -0.05) is 12.1 Å². The van der Waals surface area contributed by atoms with Gasteiger partial charge in [-0.15, -0.1) is 5.10 Å². The predicted molar refractivity (Wildman–Crippen MR) is 59.0 cm³/mol. The third kappa shape index (κ3) is 3.20. The van der Waals surface area contributed by atoms with Crippen molar-refractivity contribution in [3.63, 3.8) is 0 Å². The summed E-state index contributed by atoms with van der Waals surface area (Å²) in [7, 11) is 3.01. The Labute approximate surface area is 103 Å². The Bertz CT molecular complexity index is 378. The van der Waals surface area contributed by atoms with Crippen molar-refractivity contribution in [2.24, 2.45) is 0 Å². The maximum atomic E-state index is 13.0. The minimum atomic E-state index is -4.48. The molecular weight excluding hydrogens is 249 g/mol. The highest BCUT2D eigenvalue weighted by Crippen LogP contribution is 2.33. The minimum Gasteiger partial charge on any atom is -0.382 e. The summed E-state index contributed by atoms with van der Waals surface area (Å²) in [4.78, 5) is 0. The molecule has 1 N–H and O–H groups in total. The van der Waals surface area contributed by atoms with Crippen molar-refractivity contribution in [2.45, 2.75) is 32.1 Å². The second-order valence-electron chi connectivity index (χ2n) is 3.87. The smallest absolute Gasteiger partial charge is 0.382 e. The lowest BCUT2D eigenvalue weighted by Crippen LogP contribution is -2.24. The first-order valence-electron chi connectivity index (χ1n) is 5.60. The maximum absolute atomic E-state index is 13.0. The minimum absolute atomic E-state index is 0.0261. The number of methoxy groups -OCH3 is 1. The molecule has 0 aromatic carbocycles. The van der Waals surface area contributed by atoms with E-state index in [1.54, 1.807) is 14.0 Å². The van der Waals surface area contributed by atoms with Gasteiger partial charge in [-0.2, -0.15) is 13.2 Å². The molecule has 0 saturated heterocycles. The third-order valence-corrected chi connectivity index (χ3v) is 2.55. The predicted octanol–water partition coefficient (Wildman–Crippen LogP) is 1.61. The van der Waals surface area contributed by atoms with Crippen molar-refractivity contribution in [1.82, 2.24) is 20.3 Å². The molecule has 1 unspecified atom stereocenters. The van der Waals surface area contributed by atoms with E-state index in [1.807, 2.05) is 0 Å². The molecule has 104 valence electrons. The van der Waals surface area contributed by atoms with Crippen LogP contribution in [0.2, 0.25) is 0 Å². The fourth-order valence-corrected chi connectivity index (χ4v) is 1.72. The quantitative estimate of drug-likeness (QED) is 0.850. The van der Waals surface area contributed by atoms with Crippen molar-refractivity contribution < 1.29 is 17.9 Å². The van der Waals surface area contributed by atoms with E-state index in [0.29, 0.717) is 6.42 Å². The molecule has 0 spiro atoms. The number of alkyl halides is 3. The van der Waals surface area contributed by atoms with Gasteiger partial charge in [0.1, 0.15) is 5.69 Å². The van der Waals surface area contributed by atoms with Gasteiger partial charge in [0.2, 0.25) is 0 Å². The van der Waals surface area contributed by atoms with Crippen LogP contribution in [0.15, 0.2) is 0 Å². The Morgan fingerprint density at radius 1 is 1.44 bits per heavy atom. The third-order valence-electron chi connectivity index (χ3n) is 2.55. The first-order valence-corrected chi connectivity index (χ1v) is 5.60. The van der Waals surface area contributed by atoms with E-state index < -0.39 is 17.9 Å². The number of nitrogens with one attached hydrogen (secondary N) is 1. The van der Waals surface area contributed by atoms with Crippen molar-refractivity contribution in [3.05, 3.63) is 11.4 Å². The SMILES string of the molecule is CCC(COC)n1nnc(CNC)c1C(F)(F)F. The fraction of sp³-hybridized carbons (Fsp3) is 0.800. The van der Waals surface area contributed by atoms with Gasteiger partial charge in [0.25, 0.3) is 0 Å². The number of hydrogen-bond donors (Lipinski definition) is 1. The summed E-state index contributed by atoms with van der Waals surface area (Å²) >= 11 is 0. The zero-order valence-corrected chi connectivity index (χ0v) is 10.6. The van der Waals surface area contributed by atoms with E-state index in [-0.39, 0.29) is 18.8 Å². The van der Waals surface area contributed by atoms with Gasteiger partial charge >= 0.3 is 6.18 Å². The highest BCUT2D eigenvalue weighted by atomic mass is 19.4. The van der Waals surface area contributed by atoms with E-state index >= 15 is 0 Å². The van der Waals surface area contributed by atoms with Crippen LogP contribution in [0.4, 0.5) is 13.2 Å². The summed E-state index contributed by atoms with van der Waals surface area (Å²) in [6.45, 7) is 1.98. The van der Waals surface area contributed by atoms with Crippen LogP contribution in [-0.2, 0) is 17.5 Å². The highest BCUT2D eigenvalue weighted by molar-refractivity contribution is 5.14. The Morgan fingerprint density at radius 3 is 2.56 bits per heavy atom.